The Kier molecular flexibility index (Phi) is 4.94. The minimum absolute atomic E-state index is 0.182. The summed E-state index contributed by atoms with van der Waals surface area (Å²) in [5.74, 6) is -0.581. The van der Waals surface area contributed by atoms with Gasteiger partial charge in [0.15, 0.2) is 0 Å². The van der Waals surface area contributed by atoms with Gasteiger partial charge in [0.1, 0.15) is 0 Å². The quantitative estimate of drug-likeness (QED) is 0.535. The zero-order chi connectivity index (χ0) is 13.8. The molecule has 0 aliphatic heterocycles. The summed E-state index contributed by atoms with van der Waals surface area (Å²) in [6.07, 6.45) is 0.241. The fourth-order valence-electron chi connectivity index (χ4n) is 1.31. The van der Waals surface area contributed by atoms with E-state index in [2.05, 4.69) is 5.32 Å². The molecule has 0 aromatic heterocycles. The van der Waals surface area contributed by atoms with Crippen molar-refractivity contribution in [3.63, 3.8) is 0 Å². The van der Waals surface area contributed by atoms with E-state index >= 15 is 0 Å². The monoisotopic (exact) mass is 291 g/mol. The maximum atomic E-state index is 11.7. The molecule has 0 fully saturated rings. The number of halogens is 1. The Morgan fingerprint density at radius 2 is 2.06 bits per heavy atom. The second-order valence-electron chi connectivity index (χ2n) is 3.68. The van der Waals surface area contributed by atoms with E-state index in [0.717, 1.165) is 0 Å². The number of nitrogens with two attached hydrogens (primary N) is 2. The lowest BCUT2D eigenvalue weighted by molar-refractivity contribution is 0.0954. The van der Waals surface area contributed by atoms with Crippen LogP contribution < -0.4 is 16.2 Å². The van der Waals surface area contributed by atoms with Crippen LogP contribution in [0.1, 0.15) is 16.8 Å². The lowest BCUT2D eigenvalue weighted by Gasteiger charge is -2.08. The number of anilines is 1. The Balaban J connectivity index is 2.54. The number of nitrogen functional groups attached to an aromatic ring is 1. The van der Waals surface area contributed by atoms with Gasteiger partial charge in [0.2, 0.25) is 10.0 Å². The molecule has 1 aromatic carbocycles. The second kappa shape index (κ2) is 6.03. The van der Waals surface area contributed by atoms with Gasteiger partial charge >= 0.3 is 0 Å². The molecule has 18 heavy (non-hydrogen) atoms. The normalized spacial score (nSPS) is 11.2. The van der Waals surface area contributed by atoms with Crippen molar-refractivity contribution in [2.75, 3.05) is 18.0 Å². The molecule has 0 radical (unpaired) electrons. The summed E-state index contributed by atoms with van der Waals surface area (Å²) in [7, 11) is -3.50. The number of primary sulfonamides is 1. The first kappa shape index (κ1) is 14.7. The first-order chi connectivity index (χ1) is 8.31. The molecule has 0 unspecified atom stereocenters. The minimum Gasteiger partial charge on any atom is -0.397 e. The van der Waals surface area contributed by atoms with E-state index in [4.69, 9.17) is 22.5 Å². The van der Waals surface area contributed by atoms with Crippen molar-refractivity contribution in [1.82, 2.24) is 5.32 Å². The summed E-state index contributed by atoms with van der Waals surface area (Å²) in [5, 5.41) is 7.67. The van der Waals surface area contributed by atoms with Crippen molar-refractivity contribution in [1.29, 1.82) is 0 Å². The molecule has 0 heterocycles. The SMILES string of the molecule is Nc1c(Cl)cccc1C(=O)NCCCS(N)(=O)=O. The number of nitrogens with one attached hydrogen (secondary N) is 1. The van der Waals surface area contributed by atoms with Crippen molar-refractivity contribution >= 4 is 33.2 Å². The van der Waals surface area contributed by atoms with Crippen LogP contribution in [0.15, 0.2) is 18.2 Å². The first-order valence-corrected chi connectivity index (χ1v) is 7.23. The topological polar surface area (TPSA) is 115 Å². The van der Waals surface area contributed by atoms with E-state index in [1.54, 1.807) is 12.1 Å². The van der Waals surface area contributed by atoms with Crippen molar-refractivity contribution in [3.8, 4) is 0 Å². The van der Waals surface area contributed by atoms with Gasteiger partial charge in [0.05, 0.1) is 22.0 Å². The minimum atomic E-state index is -3.50. The summed E-state index contributed by atoms with van der Waals surface area (Å²) in [6.45, 7) is 0.196. The number of hydrogen-bond acceptors (Lipinski definition) is 4. The van der Waals surface area contributed by atoms with Gasteiger partial charge in [-0.2, -0.15) is 0 Å². The molecule has 100 valence electrons. The third-order valence-corrected chi connectivity index (χ3v) is 3.38. The van der Waals surface area contributed by atoms with E-state index in [-0.39, 0.29) is 30.0 Å². The number of carbonyl (C=O) groups excluding carboxylic acids is 1. The Morgan fingerprint density at radius 3 is 2.67 bits per heavy atom. The van der Waals surface area contributed by atoms with Crippen molar-refractivity contribution in [2.24, 2.45) is 5.14 Å². The van der Waals surface area contributed by atoms with E-state index in [0.29, 0.717) is 5.02 Å². The lowest BCUT2D eigenvalue weighted by atomic mass is 10.1. The zero-order valence-electron chi connectivity index (χ0n) is 9.52. The highest BCUT2D eigenvalue weighted by molar-refractivity contribution is 7.89. The van der Waals surface area contributed by atoms with E-state index in [9.17, 15) is 13.2 Å². The van der Waals surface area contributed by atoms with Crippen LogP contribution in [0, 0.1) is 0 Å². The number of para-hydroxylation sites is 1. The number of hydrogen-bond donors (Lipinski definition) is 3. The average molecular weight is 292 g/mol. The van der Waals surface area contributed by atoms with Gasteiger partial charge in [0, 0.05) is 6.54 Å². The molecule has 5 N–H and O–H groups in total. The maximum Gasteiger partial charge on any atom is 0.253 e. The van der Waals surface area contributed by atoms with Crippen LogP contribution in [-0.2, 0) is 10.0 Å². The molecule has 1 amide bonds. The molecule has 0 spiro atoms. The number of benzene rings is 1. The highest BCUT2D eigenvalue weighted by Gasteiger charge is 2.11. The number of sulfonamides is 1. The Bertz CT molecular complexity index is 545. The fraction of sp³-hybridized carbons (Fsp3) is 0.300. The molecular formula is C10H14ClN3O3S. The maximum absolute atomic E-state index is 11.7. The standard InChI is InChI=1S/C10H14ClN3O3S/c11-8-4-1-3-7(9(8)12)10(15)14-5-2-6-18(13,16)17/h1,3-4H,2,5-6,12H2,(H,14,15)(H2,13,16,17). The van der Waals surface area contributed by atoms with Crippen molar-refractivity contribution < 1.29 is 13.2 Å². The predicted molar refractivity (Wildman–Crippen MR) is 70.8 cm³/mol. The predicted octanol–water partition coefficient (Wildman–Crippen LogP) is 0.331. The van der Waals surface area contributed by atoms with Crippen LogP contribution in [0.25, 0.3) is 0 Å². The number of carbonyl (C=O) groups is 1. The third-order valence-electron chi connectivity index (χ3n) is 2.19. The van der Waals surface area contributed by atoms with Crippen LogP contribution in [0.2, 0.25) is 5.02 Å². The van der Waals surface area contributed by atoms with Gasteiger partial charge in [-0.25, -0.2) is 13.6 Å². The number of amides is 1. The Hall–Kier alpha value is -1.31. The van der Waals surface area contributed by atoms with Crippen LogP contribution in [-0.4, -0.2) is 26.6 Å². The molecule has 6 nitrogen and oxygen atoms in total. The van der Waals surface area contributed by atoms with Gasteiger partial charge < -0.3 is 11.1 Å². The number of rotatable bonds is 5. The highest BCUT2D eigenvalue weighted by Crippen LogP contribution is 2.21. The third kappa shape index (κ3) is 4.52. The Labute approximate surface area is 110 Å². The molecule has 0 bridgehead atoms. The molecule has 0 aliphatic carbocycles. The summed E-state index contributed by atoms with van der Waals surface area (Å²) in [4.78, 5) is 11.7. The van der Waals surface area contributed by atoms with Crippen molar-refractivity contribution in [2.45, 2.75) is 6.42 Å². The Morgan fingerprint density at radius 1 is 1.39 bits per heavy atom. The van der Waals surface area contributed by atoms with E-state index < -0.39 is 15.9 Å². The van der Waals surface area contributed by atoms with Crippen LogP contribution in [0.4, 0.5) is 5.69 Å². The fourth-order valence-corrected chi connectivity index (χ4v) is 2.03. The van der Waals surface area contributed by atoms with Gasteiger partial charge in [0.25, 0.3) is 5.91 Å². The van der Waals surface area contributed by atoms with Gasteiger partial charge in [-0.1, -0.05) is 17.7 Å². The largest absolute Gasteiger partial charge is 0.397 e. The molecular weight excluding hydrogens is 278 g/mol. The molecule has 1 rings (SSSR count). The molecule has 0 atom stereocenters. The van der Waals surface area contributed by atoms with Gasteiger partial charge in [-0.15, -0.1) is 0 Å². The smallest absolute Gasteiger partial charge is 0.253 e. The van der Waals surface area contributed by atoms with Crippen LogP contribution in [0.5, 0.6) is 0 Å². The van der Waals surface area contributed by atoms with Crippen molar-refractivity contribution in [3.05, 3.63) is 28.8 Å². The lowest BCUT2D eigenvalue weighted by Crippen LogP contribution is -2.27. The zero-order valence-corrected chi connectivity index (χ0v) is 11.1. The van der Waals surface area contributed by atoms with Crippen LogP contribution >= 0.6 is 11.6 Å². The van der Waals surface area contributed by atoms with Crippen LogP contribution in [0.3, 0.4) is 0 Å². The molecule has 8 heteroatoms. The first-order valence-electron chi connectivity index (χ1n) is 5.14. The second-order valence-corrected chi connectivity index (χ2v) is 5.82. The van der Waals surface area contributed by atoms with E-state index in [1.807, 2.05) is 0 Å². The van der Waals surface area contributed by atoms with E-state index in [1.165, 1.54) is 6.07 Å². The summed E-state index contributed by atoms with van der Waals surface area (Å²) in [5.41, 5.74) is 6.11. The summed E-state index contributed by atoms with van der Waals surface area (Å²) >= 11 is 5.78. The molecule has 1 aromatic rings. The average Bonchev–Trinajstić information content (AvgIpc) is 2.26. The molecule has 0 saturated carbocycles. The summed E-state index contributed by atoms with van der Waals surface area (Å²) < 4.78 is 21.3. The summed E-state index contributed by atoms with van der Waals surface area (Å²) in [6, 6.07) is 4.73. The highest BCUT2D eigenvalue weighted by atomic mass is 35.5. The molecule has 0 aliphatic rings. The van der Waals surface area contributed by atoms with Gasteiger partial charge in [-0.3, -0.25) is 4.79 Å². The van der Waals surface area contributed by atoms with Gasteiger partial charge in [-0.05, 0) is 18.6 Å². The molecule has 0 saturated heterocycles.